The number of carboxylic acids is 1. The predicted octanol–water partition coefficient (Wildman–Crippen LogP) is 3.52. The first-order valence-electron chi connectivity index (χ1n) is 6.20. The van der Waals surface area contributed by atoms with Gasteiger partial charge in [-0.3, -0.25) is 14.5 Å². The van der Waals surface area contributed by atoms with Gasteiger partial charge in [-0.15, -0.1) is 0 Å². The van der Waals surface area contributed by atoms with Crippen molar-refractivity contribution in [3.63, 3.8) is 0 Å². The molecule has 0 aliphatic carbocycles. The quantitative estimate of drug-likeness (QED) is 0.620. The van der Waals surface area contributed by atoms with E-state index < -0.39 is 5.97 Å². The molecule has 0 radical (unpaired) electrons. The predicted molar refractivity (Wildman–Crippen MR) is 90.9 cm³/mol. The number of rotatable bonds is 5. The average molecular weight is 386 g/mol. The molecular weight excluding hydrogens is 374 g/mol. The van der Waals surface area contributed by atoms with Crippen molar-refractivity contribution in [2.75, 3.05) is 6.54 Å². The molecule has 0 bridgehead atoms. The van der Waals surface area contributed by atoms with E-state index >= 15 is 0 Å². The topological polar surface area (TPSA) is 57.6 Å². The van der Waals surface area contributed by atoms with E-state index in [-0.39, 0.29) is 12.3 Å². The Bertz CT molecular complexity index is 630. The van der Waals surface area contributed by atoms with Gasteiger partial charge in [0.25, 0.3) is 5.91 Å². The molecule has 1 aromatic carbocycles. The summed E-state index contributed by atoms with van der Waals surface area (Å²) in [4.78, 5) is 24.8. The number of thiocarbonyl (C=S) groups is 1. The molecule has 1 aromatic rings. The summed E-state index contributed by atoms with van der Waals surface area (Å²) in [5.41, 5.74) is 0.906. The van der Waals surface area contributed by atoms with Crippen molar-refractivity contribution in [1.29, 1.82) is 0 Å². The first-order chi connectivity index (χ1) is 9.99. The standard InChI is InChI=1S/C14H12BrNO3S2/c15-10-5-2-1-4-9(10)8-11-13(19)16(14(20)21-11)7-3-6-12(17)18/h1-2,4-5,8H,3,6-7H2,(H,17,18). The third kappa shape index (κ3) is 4.15. The van der Waals surface area contributed by atoms with Crippen molar-refractivity contribution < 1.29 is 14.7 Å². The van der Waals surface area contributed by atoms with Crippen LogP contribution in [0.4, 0.5) is 0 Å². The maximum atomic E-state index is 12.3. The fourth-order valence-corrected chi connectivity index (χ4v) is 3.51. The fraction of sp³-hybridized carbons (Fsp3) is 0.214. The fourth-order valence-electron chi connectivity index (χ4n) is 1.81. The summed E-state index contributed by atoms with van der Waals surface area (Å²) in [6, 6.07) is 7.60. The lowest BCUT2D eigenvalue weighted by Gasteiger charge is -2.13. The molecule has 1 aliphatic rings. The van der Waals surface area contributed by atoms with E-state index in [4.69, 9.17) is 17.3 Å². The van der Waals surface area contributed by atoms with Crippen LogP contribution in [0.15, 0.2) is 33.6 Å². The molecule has 21 heavy (non-hydrogen) atoms. The minimum Gasteiger partial charge on any atom is -0.481 e. The van der Waals surface area contributed by atoms with Gasteiger partial charge in [0.05, 0.1) is 4.91 Å². The van der Waals surface area contributed by atoms with Crippen LogP contribution in [0.2, 0.25) is 0 Å². The summed E-state index contributed by atoms with van der Waals surface area (Å²) < 4.78 is 1.38. The SMILES string of the molecule is O=C(O)CCCN1C(=O)C(=Cc2ccccc2Br)SC1=S. The van der Waals surface area contributed by atoms with Crippen molar-refractivity contribution >= 4 is 62.2 Å². The molecule has 4 nitrogen and oxygen atoms in total. The number of thioether (sulfide) groups is 1. The van der Waals surface area contributed by atoms with E-state index in [1.165, 1.54) is 16.7 Å². The zero-order valence-electron chi connectivity index (χ0n) is 10.9. The van der Waals surface area contributed by atoms with Crippen LogP contribution in [0, 0.1) is 0 Å². The van der Waals surface area contributed by atoms with E-state index in [9.17, 15) is 9.59 Å². The monoisotopic (exact) mass is 385 g/mol. The van der Waals surface area contributed by atoms with Gasteiger partial charge in [0.2, 0.25) is 0 Å². The third-order valence-electron chi connectivity index (χ3n) is 2.84. The summed E-state index contributed by atoms with van der Waals surface area (Å²) in [7, 11) is 0. The molecule has 7 heteroatoms. The van der Waals surface area contributed by atoms with Crippen LogP contribution in [0.5, 0.6) is 0 Å². The maximum Gasteiger partial charge on any atom is 0.303 e. The molecule has 1 fully saturated rings. The summed E-state index contributed by atoms with van der Waals surface area (Å²) in [5.74, 6) is -1.03. The second kappa shape index (κ2) is 7.20. The van der Waals surface area contributed by atoms with Gasteiger partial charge in [0.15, 0.2) is 0 Å². The van der Waals surface area contributed by atoms with Crippen molar-refractivity contribution in [3.05, 3.63) is 39.2 Å². The molecule has 1 amide bonds. The number of halogens is 1. The Hall–Kier alpha value is -1.18. The zero-order valence-corrected chi connectivity index (χ0v) is 14.1. The third-order valence-corrected chi connectivity index (χ3v) is 4.94. The zero-order chi connectivity index (χ0) is 15.4. The summed E-state index contributed by atoms with van der Waals surface area (Å²) >= 11 is 9.87. The number of hydrogen-bond donors (Lipinski definition) is 1. The Balaban J connectivity index is 2.11. The van der Waals surface area contributed by atoms with Gasteiger partial charge in [0, 0.05) is 17.4 Å². The number of amides is 1. The molecule has 110 valence electrons. The minimum absolute atomic E-state index is 0.0281. The van der Waals surface area contributed by atoms with Crippen LogP contribution >= 0.6 is 39.9 Å². The van der Waals surface area contributed by atoms with E-state index in [0.29, 0.717) is 22.2 Å². The molecule has 1 heterocycles. The number of carbonyl (C=O) groups is 2. The molecule has 1 aliphatic heterocycles. The van der Waals surface area contributed by atoms with E-state index in [1.807, 2.05) is 24.3 Å². The van der Waals surface area contributed by atoms with Crippen LogP contribution in [0.1, 0.15) is 18.4 Å². The maximum absolute atomic E-state index is 12.3. The Morgan fingerprint density at radius 2 is 2.14 bits per heavy atom. The number of benzene rings is 1. The largest absolute Gasteiger partial charge is 0.481 e. The molecule has 1 saturated heterocycles. The smallest absolute Gasteiger partial charge is 0.303 e. The molecule has 0 aromatic heterocycles. The van der Waals surface area contributed by atoms with Crippen molar-refractivity contribution in [1.82, 2.24) is 4.90 Å². The summed E-state index contributed by atoms with van der Waals surface area (Å²) in [6.45, 7) is 0.338. The van der Waals surface area contributed by atoms with E-state index in [2.05, 4.69) is 15.9 Å². The Labute approximate surface area is 140 Å². The van der Waals surface area contributed by atoms with Gasteiger partial charge in [-0.25, -0.2) is 0 Å². The highest BCUT2D eigenvalue weighted by molar-refractivity contribution is 9.10. The van der Waals surface area contributed by atoms with E-state index in [1.54, 1.807) is 6.08 Å². The number of aliphatic carboxylic acids is 1. The summed E-state index contributed by atoms with van der Waals surface area (Å²) in [5, 5.41) is 8.64. The van der Waals surface area contributed by atoms with Gasteiger partial charge in [-0.2, -0.15) is 0 Å². The normalized spacial score (nSPS) is 16.8. The van der Waals surface area contributed by atoms with Crippen LogP contribution in [-0.4, -0.2) is 32.7 Å². The Morgan fingerprint density at radius 1 is 1.43 bits per heavy atom. The lowest BCUT2D eigenvalue weighted by molar-refractivity contribution is -0.137. The van der Waals surface area contributed by atoms with Gasteiger partial charge in [-0.1, -0.05) is 58.1 Å². The molecule has 1 N–H and O–H groups in total. The molecule has 2 rings (SSSR count). The number of nitrogens with zero attached hydrogens (tertiary/aromatic N) is 1. The second-order valence-electron chi connectivity index (χ2n) is 4.35. The van der Waals surface area contributed by atoms with Gasteiger partial charge >= 0.3 is 5.97 Å². The van der Waals surface area contributed by atoms with Crippen LogP contribution in [-0.2, 0) is 9.59 Å². The summed E-state index contributed by atoms with van der Waals surface area (Å²) in [6.07, 6.45) is 2.21. The van der Waals surface area contributed by atoms with Gasteiger partial charge in [-0.05, 0) is 24.1 Å². The Kier molecular flexibility index (Phi) is 5.55. The highest BCUT2D eigenvalue weighted by Crippen LogP contribution is 2.33. The average Bonchev–Trinajstić information content (AvgIpc) is 2.68. The van der Waals surface area contributed by atoms with Crippen LogP contribution in [0.25, 0.3) is 6.08 Å². The van der Waals surface area contributed by atoms with Gasteiger partial charge < -0.3 is 5.11 Å². The number of hydrogen-bond acceptors (Lipinski definition) is 4. The van der Waals surface area contributed by atoms with Crippen molar-refractivity contribution in [2.24, 2.45) is 0 Å². The van der Waals surface area contributed by atoms with Crippen LogP contribution in [0.3, 0.4) is 0 Å². The molecule has 0 atom stereocenters. The molecule has 0 unspecified atom stereocenters. The van der Waals surface area contributed by atoms with Crippen molar-refractivity contribution in [3.8, 4) is 0 Å². The highest BCUT2D eigenvalue weighted by Gasteiger charge is 2.31. The van der Waals surface area contributed by atoms with Gasteiger partial charge in [0.1, 0.15) is 4.32 Å². The van der Waals surface area contributed by atoms with E-state index in [0.717, 1.165) is 10.0 Å². The minimum atomic E-state index is -0.871. The first-order valence-corrected chi connectivity index (χ1v) is 8.22. The molecular formula is C14H12BrNO3S2. The number of carbonyl (C=O) groups excluding carboxylic acids is 1. The molecule has 0 spiro atoms. The number of carboxylic acid groups (broad SMARTS) is 1. The highest BCUT2D eigenvalue weighted by atomic mass is 79.9. The molecule has 0 saturated carbocycles. The lowest BCUT2D eigenvalue weighted by Crippen LogP contribution is -2.29. The first kappa shape index (κ1) is 16.2. The Morgan fingerprint density at radius 3 is 2.81 bits per heavy atom. The van der Waals surface area contributed by atoms with Crippen molar-refractivity contribution in [2.45, 2.75) is 12.8 Å². The van der Waals surface area contributed by atoms with Crippen LogP contribution < -0.4 is 0 Å². The lowest BCUT2D eigenvalue weighted by atomic mass is 10.2. The second-order valence-corrected chi connectivity index (χ2v) is 6.88.